The van der Waals surface area contributed by atoms with Gasteiger partial charge in [-0.05, 0) is 0 Å². The Labute approximate surface area is 90.7 Å². The first-order valence-electron chi connectivity index (χ1n) is 4.28. The fraction of sp³-hybridized carbons (Fsp3) is 0.500. The molecule has 0 aromatic heterocycles. The Balaban J connectivity index is 2.78. The smallest absolute Gasteiger partial charge is 0.416 e. The number of carbonyl (C=O) groups is 4. The van der Waals surface area contributed by atoms with Gasteiger partial charge >= 0.3 is 12.2 Å². The quantitative estimate of drug-likeness (QED) is 0.540. The number of ether oxygens (including phenoxy) is 2. The highest BCUT2D eigenvalue weighted by Gasteiger charge is 2.37. The predicted octanol–water partition coefficient (Wildman–Crippen LogP) is -0.810. The minimum absolute atomic E-state index is 0.527. The lowest BCUT2D eigenvalue weighted by Gasteiger charge is -2.29. The van der Waals surface area contributed by atoms with Gasteiger partial charge in [-0.3, -0.25) is 9.59 Å². The van der Waals surface area contributed by atoms with Crippen LogP contribution in [0.5, 0.6) is 0 Å². The molecule has 1 fully saturated rings. The van der Waals surface area contributed by atoms with Crippen LogP contribution in [0.3, 0.4) is 0 Å². The molecular formula is C8H10N2O6. The standard InChI is InChI=1S/C8H10N2O6/c1-15-7(13)9-3-6(12)10(4-5(9)11)8(14)16-2/h3-4H2,1-2H3. The molecule has 1 heterocycles. The van der Waals surface area contributed by atoms with Crippen molar-refractivity contribution in [3.63, 3.8) is 0 Å². The minimum Gasteiger partial charge on any atom is -0.452 e. The van der Waals surface area contributed by atoms with Crippen LogP contribution in [0.25, 0.3) is 0 Å². The maximum atomic E-state index is 11.4. The minimum atomic E-state index is -0.928. The molecule has 0 saturated carbocycles. The lowest BCUT2D eigenvalue weighted by atomic mass is 10.3. The van der Waals surface area contributed by atoms with Gasteiger partial charge in [-0.2, -0.15) is 0 Å². The van der Waals surface area contributed by atoms with Crippen LogP contribution in [0.15, 0.2) is 0 Å². The van der Waals surface area contributed by atoms with Crippen molar-refractivity contribution in [1.29, 1.82) is 0 Å². The van der Waals surface area contributed by atoms with E-state index in [1.54, 1.807) is 0 Å². The summed E-state index contributed by atoms with van der Waals surface area (Å²) in [6.07, 6.45) is -1.86. The first-order valence-corrected chi connectivity index (χ1v) is 4.28. The Morgan fingerprint density at radius 3 is 1.50 bits per heavy atom. The zero-order valence-electron chi connectivity index (χ0n) is 8.76. The molecule has 16 heavy (non-hydrogen) atoms. The molecule has 8 heteroatoms. The van der Waals surface area contributed by atoms with E-state index in [9.17, 15) is 19.2 Å². The van der Waals surface area contributed by atoms with Crippen molar-refractivity contribution in [2.75, 3.05) is 27.3 Å². The molecule has 0 N–H and O–H groups in total. The van der Waals surface area contributed by atoms with Crippen LogP contribution in [0, 0.1) is 0 Å². The van der Waals surface area contributed by atoms with Crippen LogP contribution in [-0.2, 0) is 19.1 Å². The number of nitrogens with zero attached hydrogens (tertiary/aromatic N) is 2. The largest absolute Gasteiger partial charge is 0.452 e. The van der Waals surface area contributed by atoms with Crippen LogP contribution in [0.4, 0.5) is 9.59 Å². The van der Waals surface area contributed by atoms with Crippen LogP contribution in [0.2, 0.25) is 0 Å². The Bertz CT molecular complexity index is 318. The third-order valence-electron chi connectivity index (χ3n) is 1.98. The van der Waals surface area contributed by atoms with Crippen molar-refractivity contribution >= 4 is 24.0 Å². The molecule has 0 aromatic carbocycles. The van der Waals surface area contributed by atoms with E-state index in [2.05, 4.69) is 9.47 Å². The molecule has 0 aromatic rings. The molecule has 88 valence electrons. The van der Waals surface area contributed by atoms with E-state index in [0.29, 0.717) is 9.80 Å². The number of carbonyl (C=O) groups excluding carboxylic acids is 4. The number of amides is 4. The van der Waals surface area contributed by atoms with E-state index < -0.39 is 37.1 Å². The van der Waals surface area contributed by atoms with Gasteiger partial charge < -0.3 is 9.47 Å². The summed E-state index contributed by atoms with van der Waals surface area (Å²) >= 11 is 0. The molecule has 0 atom stereocenters. The van der Waals surface area contributed by atoms with Gasteiger partial charge in [-0.15, -0.1) is 0 Å². The summed E-state index contributed by atoms with van der Waals surface area (Å²) in [5.41, 5.74) is 0. The Kier molecular flexibility index (Phi) is 3.44. The molecule has 0 aliphatic carbocycles. The van der Waals surface area contributed by atoms with Crippen molar-refractivity contribution in [2.24, 2.45) is 0 Å². The third-order valence-corrected chi connectivity index (χ3v) is 1.98. The number of imide groups is 2. The van der Waals surface area contributed by atoms with Crippen molar-refractivity contribution in [2.45, 2.75) is 0 Å². The Hall–Kier alpha value is -2.12. The summed E-state index contributed by atoms with van der Waals surface area (Å²) in [6, 6.07) is 0. The van der Waals surface area contributed by atoms with E-state index in [1.807, 2.05) is 0 Å². The number of rotatable bonds is 0. The van der Waals surface area contributed by atoms with Gasteiger partial charge in [0.2, 0.25) is 0 Å². The molecule has 0 radical (unpaired) electrons. The van der Waals surface area contributed by atoms with Crippen molar-refractivity contribution in [3.05, 3.63) is 0 Å². The molecule has 0 bridgehead atoms. The van der Waals surface area contributed by atoms with Crippen LogP contribution in [0.1, 0.15) is 0 Å². The molecule has 1 rings (SSSR count). The van der Waals surface area contributed by atoms with Gasteiger partial charge in [0, 0.05) is 0 Å². The molecule has 1 aliphatic heterocycles. The summed E-state index contributed by atoms with van der Waals surface area (Å²) < 4.78 is 8.62. The highest BCUT2D eigenvalue weighted by molar-refractivity contribution is 6.06. The normalized spacial score (nSPS) is 16.1. The highest BCUT2D eigenvalue weighted by atomic mass is 16.5. The first-order chi connectivity index (χ1) is 7.51. The Morgan fingerprint density at radius 2 is 1.25 bits per heavy atom. The molecule has 1 aliphatic rings. The lowest BCUT2D eigenvalue weighted by Crippen LogP contribution is -2.57. The second-order valence-corrected chi connectivity index (χ2v) is 2.90. The van der Waals surface area contributed by atoms with Gasteiger partial charge in [0.1, 0.15) is 13.1 Å². The summed E-state index contributed by atoms with van der Waals surface area (Å²) in [5, 5.41) is 0. The molecule has 4 amide bonds. The lowest BCUT2D eigenvalue weighted by molar-refractivity contribution is -0.146. The third kappa shape index (κ3) is 2.10. The van der Waals surface area contributed by atoms with Gasteiger partial charge in [-0.1, -0.05) is 0 Å². The first kappa shape index (κ1) is 12.0. The molecular weight excluding hydrogens is 220 g/mol. The zero-order valence-corrected chi connectivity index (χ0v) is 8.76. The summed E-state index contributed by atoms with van der Waals surface area (Å²) in [6.45, 7) is -1.05. The van der Waals surface area contributed by atoms with E-state index in [0.717, 1.165) is 14.2 Å². The van der Waals surface area contributed by atoms with Crippen molar-refractivity contribution in [1.82, 2.24) is 9.80 Å². The van der Waals surface area contributed by atoms with Gasteiger partial charge in [0.05, 0.1) is 14.2 Å². The van der Waals surface area contributed by atoms with Crippen molar-refractivity contribution in [3.8, 4) is 0 Å². The van der Waals surface area contributed by atoms with E-state index in [4.69, 9.17) is 0 Å². The molecule has 8 nitrogen and oxygen atoms in total. The number of hydrogen-bond donors (Lipinski definition) is 0. The number of piperazine rings is 1. The average molecular weight is 230 g/mol. The molecule has 0 unspecified atom stereocenters. The molecule has 1 saturated heterocycles. The summed E-state index contributed by atoms with van der Waals surface area (Å²) in [4.78, 5) is 46.2. The van der Waals surface area contributed by atoms with Gasteiger partial charge in [0.25, 0.3) is 11.8 Å². The van der Waals surface area contributed by atoms with E-state index >= 15 is 0 Å². The van der Waals surface area contributed by atoms with Gasteiger partial charge in [-0.25, -0.2) is 19.4 Å². The van der Waals surface area contributed by atoms with Crippen molar-refractivity contribution < 1.29 is 28.7 Å². The Morgan fingerprint density at radius 1 is 0.938 bits per heavy atom. The number of hydrogen-bond acceptors (Lipinski definition) is 6. The maximum absolute atomic E-state index is 11.4. The SMILES string of the molecule is COC(=O)N1CC(=O)N(C(=O)OC)CC1=O. The second kappa shape index (κ2) is 4.60. The summed E-state index contributed by atoms with van der Waals surface area (Å²) in [5.74, 6) is -1.39. The topological polar surface area (TPSA) is 93.2 Å². The second-order valence-electron chi connectivity index (χ2n) is 2.90. The summed E-state index contributed by atoms with van der Waals surface area (Å²) in [7, 11) is 2.18. The number of methoxy groups -OCH3 is 2. The molecule has 0 spiro atoms. The monoisotopic (exact) mass is 230 g/mol. The fourth-order valence-electron chi connectivity index (χ4n) is 1.17. The predicted molar refractivity (Wildman–Crippen MR) is 48.2 cm³/mol. The zero-order chi connectivity index (χ0) is 12.3. The average Bonchev–Trinajstić information content (AvgIpc) is 2.29. The van der Waals surface area contributed by atoms with E-state index in [-0.39, 0.29) is 0 Å². The fourth-order valence-corrected chi connectivity index (χ4v) is 1.17. The highest BCUT2D eigenvalue weighted by Crippen LogP contribution is 2.07. The van der Waals surface area contributed by atoms with Crippen LogP contribution in [-0.4, -0.2) is 61.1 Å². The van der Waals surface area contributed by atoms with E-state index in [1.165, 1.54) is 0 Å². The maximum Gasteiger partial charge on any atom is 0.416 e. The van der Waals surface area contributed by atoms with Crippen LogP contribution < -0.4 is 0 Å². The van der Waals surface area contributed by atoms with Crippen LogP contribution >= 0.6 is 0 Å². The van der Waals surface area contributed by atoms with Gasteiger partial charge in [0.15, 0.2) is 0 Å².